The molecule has 0 radical (unpaired) electrons. The number of rotatable bonds is 6. The number of ether oxygens (including phenoxy) is 5. The van der Waals surface area contributed by atoms with Crippen LogP contribution in [0.2, 0.25) is 5.02 Å². The first-order valence-electron chi connectivity index (χ1n) is 14.7. The highest BCUT2D eigenvalue weighted by atomic mass is 35.5. The number of halogens is 1. The first kappa shape index (κ1) is 40.7. The van der Waals surface area contributed by atoms with Crippen LogP contribution in [-0.2, 0) is 38.2 Å². The molecular formula is C29H50ClN7O9S. The Morgan fingerprint density at radius 3 is 2.28 bits per heavy atom. The monoisotopic (exact) mass is 707 g/mol. The van der Waals surface area contributed by atoms with Crippen LogP contribution in [0.25, 0.3) is 0 Å². The van der Waals surface area contributed by atoms with E-state index in [1.54, 1.807) is 66.1 Å². The Hall–Kier alpha value is -2.45. The number of nitrogens with one attached hydrogen (secondary N) is 2. The second-order valence-electron chi connectivity index (χ2n) is 13.3. The fourth-order valence-corrected chi connectivity index (χ4v) is 5.46. The first-order valence-corrected chi connectivity index (χ1v) is 16.6. The zero-order valence-corrected chi connectivity index (χ0v) is 30.2. The van der Waals surface area contributed by atoms with Crippen molar-refractivity contribution >= 4 is 39.6 Å². The first-order chi connectivity index (χ1) is 21.2. The lowest BCUT2D eigenvalue weighted by Gasteiger charge is -2.40. The summed E-state index contributed by atoms with van der Waals surface area (Å²) in [5, 5.41) is 15.8. The number of benzene rings is 1. The number of carbonyl (C=O) groups is 1. The number of nitrogens with two attached hydrogens (primary N) is 3. The predicted octanol–water partition coefficient (Wildman–Crippen LogP) is 1.66. The molecule has 3 aliphatic rings. The van der Waals surface area contributed by atoms with E-state index in [0.717, 1.165) is 0 Å². The maximum atomic E-state index is 12.1. The standard InChI is InChI=1S/C13H18ClNO.C12H21NO8S.C4H11N5/c1-9(15-13(2,3)4)12(16)10-6-5-7-11(14)8-10;1-10(2)18-7-5-16-12(6-17-22(13,14)15)9(8(7)19-10)20-11(3,4)21-12;1-9(2)4(7)8-3(5)6/h5-9,15H,1-4H3;7-9H,5-6H2,1-4H3,(H2,13,14,15);1-2H3,(H5,5,6,7,8)/t;7-,8-,9+,12+;/m.1./s1. The van der Waals surface area contributed by atoms with E-state index >= 15 is 0 Å². The Bertz CT molecular complexity index is 1400. The van der Waals surface area contributed by atoms with Gasteiger partial charge in [0.1, 0.15) is 24.9 Å². The van der Waals surface area contributed by atoms with Gasteiger partial charge in [-0.15, -0.1) is 0 Å². The summed E-state index contributed by atoms with van der Waals surface area (Å²) in [6.45, 7) is 14.7. The molecule has 0 bridgehead atoms. The molecule has 1 aromatic rings. The molecule has 268 valence electrons. The molecule has 0 saturated carbocycles. The van der Waals surface area contributed by atoms with Gasteiger partial charge in [0.25, 0.3) is 0 Å². The molecular weight excluding hydrogens is 658 g/mol. The lowest BCUT2D eigenvalue weighted by atomic mass is 9.98. The van der Waals surface area contributed by atoms with Crippen molar-refractivity contribution in [2.24, 2.45) is 21.6 Å². The van der Waals surface area contributed by atoms with Crippen molar-refractivity contribution in [3.05, 3.63) is 34.9 Å². The van der Waals surface area contributed by atoms with Crippen molar-refractivity contribution in [1.82, 2.24) is 10.2 Å². The number of guanidine groups is 2. The molecule has 3 saturated heterocycles. The van der Waals surface area contributed by atoms with E-state index in [0.29, 0.717) is 10.6 Å². The van der Waals surface area contributed by atoms with Crippen molar-refractivity contribution in [2.75, 3.05) is 27.3 Å². The molecule has 18 heteroatoms. The molecule has 8 N–H and O–H groups in total. The Labute approximate surface area is 282 Å². The summed E-state index contributed by atoms with van der Waals surface area (Å²) < 4.78 is 55.9. The average Bonchev–Trinajstić information content (AvgIpc) is 3.37. The molecule has 0 spiro atoms. The summed E-state index contributed by atoms with van der Waals surface area (Å²) in [7, 11) is -0.759. The molecule has 0 aromatic heterocycles. The summed E-state index contributed by atoms with van der Waals surface area (Å²) >= 11 is 5.85. The highest BCUT2D eigenvalue weighted by Gasteiger charge is 2.65. The van der Waals surface area contributed by atoms with Gasteiger partial charge in [-0.3, -0.25) is 14.4 Å². The number of fused-ring (bicyclic) bond motifs is 3. The lowest BCUT2D eigenvalue weighted by molar-refractivity contribution is -0.290. The summed E-state index contributed by atoms with van der Waals surface area (Å²) in [6.07, 6.45) is -1.50. The third kappa shape index (κ3) is 12.8. The van der Waals surface area contributed by atoms with Gasteiger partial charge in [0.05, 0.1) is 12.6 Å². The minimum atomic E-state index is -4.14. The van der Waals surface area contributed by atoms with E-state index in [-0.39, 0.29) is 42.0 Å². The van der Waals surface area contributed by atoms with Gasteiger partial charge in [0.2, 0.25) is 11.7 Å². The number of aliphatic imine (C=N–C) groups is 1. The van der Waals surface area contributed by atoms with Crippen molar-refractivity contribution in [3.63, 3.8) is 0 Å². The maximum absolute atomic E-state index is 12.1. The molecule has 0 amide bonds. The summed E-state index contributed by atoms with van der Waals surface area (Å²) in [5.74, 6) is -3.16. The van der Waals surface area contributed by atoms with E-state index < -0.39 is 46.5 Å². The smallest absolute Gasteiger partial charge is 0.333 e. The Morgan fingerprint density at radius 2 is 1.79 bits per heavy atom. The number of carbonyl (C=O) groups excluding carboxylic acids is 1. The zero-order valence-electron chi connectivity index (χ0n) is 28.6. The molecule has 3 aliphatic heterocycles. The fraction of sp³-hybridized carbons (Fsp3) is 0.690. The fourth-order valence-electron chi connectivity index (χ4n) is 4.94. The molecule has 0 aliphatic carbocycles. The van der Waals surface area contributed by atoms with Gasteiger partial charge in [0.15, 0.2) is 23.3 Å². The molecule has 1 aromatic carbocycles. The van der Waals surface area contributed by atoms with Crippen LogP contribution in [-0.4, -0.2) is 106 Å². The molecule has 16 nitrogen and oxygen atoms in total. The van der Waals surface area contributed by atoms with Crippen LogP contribution in [0.15, 0.2) is 29.3 Å². The van der Waals surface area contributed by atoms with Gasteiger partial charge in [0, 0.05) is 30.2 Å². The molecule has 47 heavy (non-hydrogen) atoms. The van der Waals surface area contributed by atoms with Crippen LogP contribution in [0, 0.1) is 5.41 Å². The van der Waals surface area contributed by atoms with Gasteiger partial charge >= 0.3 is 10.3 Å². The summed E-state index contributed by atoms with van der Waals surface area (Å²) in [5.41, 5.74) is 10.6. The lowest BCUT2D eigenvalue weighted by Crippen LogP contribution is -2.60. The second kappa shape index (κ2) is 15.4. The van der Waals surface area contributed by atoms with E-state index in [1.807, 2.05) is 27.7 Å². The van der Waals surface area contributed by atoms with Gasteiger partial charge in [-0.2, -0.15) is 13.4 Å². The number of Topliss-reactive ketones (excluding diaryl/α,β-unsaturated/α-hetero) is 1. The molecule has 5 atom stereocenters. The second-order valence-corrected chi connectivity index (χ2v) is 15.0. The highest BCUT2D eigenvalue weighted by Crippen LogP contribution is 2.47. The van der Waals surface area contributed by atoms with Crippen molar-refractivity contribution in [1.29, 1.82) is 5.41 Å². The van der Waals surface area contributed by atoms with E-state index in [9.17, 15) is 13.2 Å². The van der Waals surface area contributed by atoms with E-state index in [4.69, 9.17) is 61.5 Å². The Morgan fingerprint density at radius 1 is 1.17 bits per heavy atom. The molecule has 3 fully saturated rings. The highest BCUT2D eigenvalue weighted by molar-refractivity contribution is 7.84. The number of hydrogen-bond donors (Lipinski definition) is 5. The Kier molecular flexibility index (Phi) is 13.3. The van der Waals surface area contributed by atoms with Crippen LogP contribution < -0.4 is 21.9 Å². The number of hydrogen-bond acceptors (Lipinski definition) is 11. The maximum Gasteiger partial charge on any atom is 0.333 e. The van der Waals surface area contributed by atoms with Crippen LogP contribution >= 0.6 is 11.6 Å². The number of ketones is 1. The SMILES string of the molecule is CC(NC(C)(C)C)C(=O)c1cccc(Cl)c1.CC1(C)O[C@@H]2[C@@H](CO[C@@]3(COS(N)(=O)=O)OC(C)(C)O[C@@H]23)O1.CN(C)C(=N)N=C(N)N. The van der Waals surface area contributed by atoms with Gasteiger partial charge < -0.3 is 45.4 Å². The van der Waals surface area contributed by atoms with Crippen LogP contribution in [0.4, 0.5) is 0 Å². The third-order valence-electron chi connectivity index (χ3n) is 6.51. The van der Waals surface area contributed by atoms with Crippen LogP contribution in [0.1, 0.15) is 65.7 Å². The average molecular weight is 708 g/mol. The normalized spacial score (nSPS) is 26.3. The third-order valence-corrected chi connectivity index (χ3v) is 7.19. The van der Waals surface area contributed by atoms with Crippen LogP contribution in [0.3, 0.4) is 0 Å². The molecule has 1 unspecified atom stereocenters. The van der Waals surface area contributed by atoms with Crippen molar-refractivity contribution < 1.29 is 41.1 Å². The number of nitrogens with zero attached hydrogens (tertiary/aromatic N) is 2. The largest absolute Gasteiger partial charge is 0.370 e. The van der Waals surface area contributed by atoms with Crippen molar-refractivity contribution in [3.8, 4) is 0 Å². The quantitative estimate of drug-likeness (QED) is 0.161. The van der Waals surface area contributed by atoms with Gasteiger partial charge in [-0.1, -0.05) is 23.7 Å². The van der Waals surface area contributed by atoms with E-state index in [1.165, 1.54) is 4.90 Å². The molecule has 4 rings (SSSR count). The van der Waals surface area contributed by atoms with E-state index in [2.05, 4.69) is 10.3 Å². The Balaban J connectivity index is 0.000000270. The zero-order chi connectivity index (χ0) is 36.2. The van der Waals surface area contributed by atoms with Crippen molar-refractivity contribution in [2.45, 2.75) is 103 Å². The molecule has 3 heterocycles. The summed E-state index contributed by atoms with van der Waals surface area (Å²) in [6, 6.07) is 6.83. The minimum Gasteiger partial charge on any atom is -0.370 e. The van der Waals surface area contributed by atoms with Gasteiger partial charge in [-0.05, 0) is 67.5 Å². The summed E-state index contributed by atoms with van der Waals surface area (Å²) in [4.78, 5) is 17.0. The van der Waals surface area contributed by atoms with Gasteiger partial charge in [-0.25, -0.2) is 5.14 Å². The van der Waals surface area contributed by atoms with Crippen LogP contribution in [0.5, 0.6) is 0 Å². The minimum absolute atomic E-state index is 0.0509. The topological polar surface area (TPSA) is 236 Å². The predicted molar refractivity (Wildman–Crippen MR) is 177 cm³/mol.